The molecule has 0 saturated heterocycles. The molecule has 0 radical (unpaired) electrons. The molecular formula is C14H22N4O3. The second-order valence-electron chi connectivity index (χ2n) is 5.67. The summed E-state index contributed by atoms with van der Waals surface area (Å²) < 4.78 is 1.47. The summed E-state index contributed by atoms with van der Waals surface area (Å²) >= 11 is 0. The Morgan fingerprint density at radius 2 is 2.19 bits per heavy atom. The smallest absolute Gasteiger partial charge is 0.287 e. The predicted octanol–water partition coefficient (Wildman–Crippen LogP) is 1.57. The topological polar surface area (TPSA) is 103 Å². The highest BCUT2D eigenvalue weighted by Gasteiger charge is 2.26. The van der Waals surface area contributed by atoms with Gasteiger partial charge in [-0.3, -0.25) is 14.9 Å². The second-order valence-corrected chi connectivity index (χ2v) is 5.67. The lowest BCUT2D eigenvalue weighted by Gasteiger charge is -2.30. The summed E-state index contributed by atoms with van der Waals surface area (Å²) in [5.74, 6) is 0.106. The molecule has 0 aromatic carbocycles. The summed E-state index contributed by atoms with van der Waals surface area (Å²) in [6.07, 6.45) is 7.09. The number of carbonyl (C=O) groups is 1. The zero-order valence-corrected chi connectivity index (χ0v) is 12.2. The lowest BCUT2D eigenvalue weighted by molar-refractivity contribution is -0.384. The fourth-order valence-electron chi connectivity index (χ4n) is 3.02. The number of aromatic nitrogens is 1. The Labute approximate surface area is 123 Å². The SMILES string of the molecule is Cn1cc([N+](=O)[O-])cc1C(=O)NC(CN)C1CCCCC1. The molecule has 7 nitrogen and oxygen atoms in total. The number of rotatable bonds is 5. The van der Waals surface area contributed by atoms with Crippen LogP contribution >= 0.6 is 0 Å². The fourth-order valence-corrected chi connectivity index (χ4v) is 3.02. The van der Waals surface area contributed by atoms with Crippen molar-refractivity contribution in [2.75, 3.05) is 6.54 Å². The Morgan fingerprint density at radius 1 is 1.52 bits per heavy atom. The highest BCUT2D eigenvalue weighted by atomic mass is 16.6. The van der Waals surface area contributed by atoms with Crippen molar-refractivity contribution in [2.45, 2.75) is 38.1 Å². The number of hydrogen-bond donors (Lipinski definition) is 2. The molecule has 0 spiro atoms. The first-order valence-corrected chi connectivity index (χ1v) is 7.34. The quantitative estimate of drug-likeness (QED) is 0.635. The largest absolute Gasteiger partial charge is 0.346 e. The highest BCUT2D eigenvalue weighted by molar-refractivity contribution is 5.93. The maximum Gasteiger partial charge on any atom is 0.287 e. The number of nitrogens with two attached hydrogens (primary N) is 1. The molecular weight excluding hydrogens is 272 g/mol. The van der Waals surface area contributed by atoms with Crippen LogP contribution in [0, 0.1) is 16.0 Å². The van der Waals surface area contributed by atoms with Crippen molar-refractivity contribution in [3.63, 3.8) is 0 Å². The van der Waals surface area contributed by atoms with Crippen LogP contribution in [0.3, 0.4) is 0 Å². The van der Waals surface area contributed by atoms with E-state index in [1.54, 1.807) is 7.05 Å². The predicted molar refractivity (Wildman–Crippen MR) is 79.0 cm³/mol. The molecule has 1 amide bonds. The van der Waals surface area contributed by atoms with E-state index in [0.717, 1.165) is 12.8 Å². The molecule has 0 bridgehead atoms. The van der Waals surface area contributed by atoms with Gasteiger partial charge in [0.2, 0.25) is 0 Å². The summed E-state index contributed by atoms with van der Waals surface area (Å²) in [5.41, 5.74) is 6.00. The third-order valence-electron chi connectivity index (χ3n) is 4.22. The van der Waals surface area contributed by atoms with Gasteiger partial charge in [0.1, 0.15) is 5.69 Å². The van der Waals surface area contributed by atoms with Crippen LogP contribution < -0.4 is 11.1 Å². The van der Waals surface area contributed by atoms with Gasteiger partial charge in [0.15, 0.2) is 0 Å². The van der Waals surface area contributed by atoms with Crippen LogP contribution in [0.1, 0.15) is 42.6 Å². The minimum absolute atomic E-state index is 0.0632. The standard InChI is InChI=1S/C14H22N4O3/c1-17-9-11(18(20)21)7-13(17)14(19)16-12(8-15)10-5-3-2-4-6-10/h7,9-10,12H,2-6,8,15H2,1H3,(H,16,19). The van der Waals surface area contributed by atoms with Gasteiger partial charge in [0.25, 0.3) is 11.6 Å². The molecule has 2 rings (SSSR count). The van der Waals surface area contributed by atoms with Crippen LogP contribution in [0.2, 0.25) is 0 Å². The number of nitrogens with one attached hydrogen (secondary N) is 1. The van der Waals surface area contributed by atoms with Gasteiger partial charge in [0.05, 0.1) is 11.1 Å². The van der Waals surface area contributed by atoms with E-state index in [4.69, 9.17) is 5.73 Å². The van der Waals surface area contributed by atoms with E-state index in [9.17, 15) is 14.9 Å². The third-order valence-corrected chi connectivity index (χ3v) is 4.22. The minimum Gasteiger partial charge on any atom is -0.346 e. The number of nitrogens with zero attached hydrogens (tertiary/aromatic N) is 2. The van der Waals surface area contributed by atoms with Gasteiger partial charge in [-0.15, -0.1) is 0 Å². The maximum absolute atomic E-state index is 12.3. The molecule has 1 atom stereocenters. The molecule has 1 unspecified atom stereocenters. The monoisotopic (exact) mass is 294 g/mol. The molecule has 7 heteroatoms. The maximum atomic E-state index is 12.3. The van der Waals surface area contributed by atoms with E-state index >= 15 is 0 Å². The van der Waals surface area contributed by atoms with Gasteiger partial charge in [-0.05, 0) is 18.8 Å². The highest BCUT2D eigenvalue weighted by Crippen LogP contribution is 2.26. The van der Waals surface area contributed by atoms with Crippen LogP contribution in [-0.2, 0) is 7.05 Å². The van der Waals surface area contributed by atoms with Crippen LogP contribution in [-0.4, -0.2) is 28.0 Å². The molecule has 1 aliphatic carbocycles. The van der Waals surface area contributed by atoms with Crippen LogP contribution in [0.25, 0.3) is 0 Å². The fraction of sp³-hybridized carbons (Fsp3) is 0.643. The summed E-state index contributed by atoms with van der Waals surface area (Å²) in [4.78, 5) is 22.6. The van der Waals surface area contributed by atoms with Crippen molar-refractivity contribution in [1.29, 1.82) is 0 Å². The van der Waals surface area contributed by atoms with Gasteiger partial charge in [0, 0.05) is 25.7 Å². The number of amides is 1. The first-order chi connectivity index (χ1) is 10.0. The molecule has 3 N–H and O–H groups in total. The van der Waals surface area contributed by atoms with Gasteiger partial charge in [-0.25, -0.2) is 0 Å². The summed E-state index contributed by atoms with van der Waals surface area (Å²) in [5, 5.41) is 13.7. The van der Waals surface area contributed by atoms with E-state index < -0.39 is 4.92 Å². The Kier molecular flexibility index (Phi) is 4.95. The van der Waals surface area contributed by atoms with Crippen molar-refractivity contribution in [1.82, 2.24) is 9.88 Å². The number of hydrogen-bond acceptors (Lipinski definition) is 4. The molecule has 116 valence electrons. The molecule has 0 aliphatic heterocycles. The van der Waals surface area contributed by atoms with Crippen molar-refractivity contribution < 1.29 is 9.72 Å². The third kappa shape index (κ3) is 3.60. The first kappa shape index (κ1) is 15.5. The lowest BCUT2D eigenvalue weighted by Crippen LogP contribution is -2.46. The summed E-state index contributed by atoms with van der Waals surface area (Å²) in [6, 6.07) is 1.23. The molecule has 1 aliphatic rings. The van der Waals surface area contributed by atoms with Crippen LogP contribution in [0.5, 0.6) is 0 Å². The minimum atomic E-state index is -0.502. The van der Waals surface area contributed by atoms with Crippen molar-refractivity contribution in [2.24, 2.45) is 18.7 Å². The molecule has 1 heterocycles. The van der Waals surface area contributed by atoms with Crippen LogP contribution in [0.15, 0.2) is 12.3 Å². The second kappa shape index (κ2) is 6.71. The Balaban J connectivity index is 2.06. The molecule has 21 heavy (non-hydrogen) atoms. The van der Waals surface area contributed by atoms with Gasteiger partial charge in [-0.2, -0.15) is 0 Å². The number of aryl methyl sites for hydroxylation is 1. The van der Waals surface area contributed by atoms with E-state index in [0.29, 0.717) is 12.5 Å². The van der Waals surface area contributed by atoms with Crippen molar-refractivity contribution in [3.8, 4) is 0 Å². The lowest BCUT2D eigenvalue weighted by atomic mass is 9.84. The Bertz CT molecular complexity index is 520. The average molecular weight is 294 g/mol. The Hall–Kier alpha value is -1.89. The zero-order valence-electron chi connectivity index (χ0n) is 12.2. The van der Waals surface area contributed by atoms with Crippen molar-refractivity contribution in [3.05, 3.63) is 28.1 Å². The van der Waals surface area contributed by atoms with E-state index in [1.165, 1.54) is 36.1 Å². The van der Waals surface area contributed by atoms with Crippen LogP contribution in [0.4, 0.5) is 5.69 Å². The molecule has 1 aromatic heterocycles. The first-order valence-electron chi connectivity index (χ1n) is 7.34. The Morgan fingerprint density at radius 3 is 2.71 bits per heavy atom. The summed E-state index contributed by atoms with van der Waals surface area (Å²) in [6.45, 7) is 0.392. The van der Waals surface area contributed by atoms with E-state index in [1.807, 2.05) is 0 Å². The van der Waals surface area contributed by atoms with E-state index in [-0.39, 0.29) is 23.3 Å². The molecule has 1 aromatic rings. The van der Waals surface area contributed by atoms with Crippen molar-refractivity contribution >= 4 is 11.6 Å². The zero-order chi connectivity index (χ0) is 15.4. The number of nitro groups is 1. The average Bonchev–Trinajstić information content (AvgIpc) is 2.88. The molecule has 1 fully saturated rings. The van der Waals surface area contributed by atoms with Gasteiger partial charge >= 0.3 is 0 Å². The summed E-state index contributed by atoms with van der Waals surface area (Å²) in [7, 11) is 1.62. The van der Waals surface area contributed by atoms with Gasteiger partial charge < -0.3 is 15.6 Å². The normalized spacial score (nSPS) is 17.4. The van der Waals surface area contributed by atoms with E-state index in [2.05, 4.69) is 5.32 Å². The number of carbonyl (C=O) groups excluding carboxylic acids is 1. The molecule has 1 saturated carbocycles. The van der Waals surface area contributed by atoms with Gasteiger partial charge in [-0.1, -0.05) is 19.3 Å².